The minimum Gasteiger partial charge on any atom is -0.377 e. The second kappa shape index (κ2) is 5.05. The normalized spacial score (nSPS) is 12.6. The summed E-state index contributed by atoms with van der Waals surface area (Å²) in [5.41, 5.74) is 3.14. The molecule has 0 saturated carbocycles. The minimum atomic E-state index is -4.68. The van der Waals surface area contributed by atoms with Gasteiger partial charge in [-0.2, -0.15) is 13.2 Å². The molecule has 3 N–H and O–H groups in total. The van der Waals surface area contributed by atoms with E-state index in [0.717, 1.165) is 6.07 Å². The molecule has 0 atom stereocenters. The maximum atomic E-state index is 13.2. The van der Waals surface area contributed by atoms with E-state index in [4.69, 9.17) is 5.73 Å². The topological polar surface area (TPSA) is 38.0 Å². The molecule has 0 radical (unpaired) electrons. The van der Waals surface area contributed by atoms with Crippen molar-refractivity contribution in [1.29, 1.82) is 0 Å². The fraction of sp³-hybridized carbons (Fsp3) is 0.400. The molecule has 0 amide bonds. The van der Waals surface area contributed by atoms with Gasteiger partial charge in [0.1, 0.15) is 5.82 Å². The van der Waals surface area contributed by atoms with Crippen LogP contribution < -0.4 is 11.1 Å². The van der Waals surface area contributed by atoms with E-state index in [9.17, 15) is 26.3 Å². The van der Waals surface area contributed by atoms with Gasteiger partial charge in [0.25, 0.3) is 5.92 Å². The average molecular weight is 272 g/mol. The summed E-state index contributed by atoms with van der Waals surface area (Å²) in [4.78, 5) is 0. The number of anilines is 1. The number of rotatable bonds is 4. The monoisotopic (exact) mass is 272 g/mol. The number of alkyl halides is 5. The number of benzene rings is 1. The first-order chi connectivity index (χ1) is 8.15. The average Bonchev–Trinajstić information content (AvgIpc) is 2.26. The molecule has 0 saturated heterocycles. The number of nitrogens with two attached hydrogens (primary N) is 1. The largest absolute Gasteiger partial charge is 0.416 e. The maximum Gasteiger partial charge on any atom is 0.416 e. The van der Waals surface area contributed by atoms with Crippen molar-refractivity contribution in [3.05, 3.63) is 29.6 Å². The number of hydrogen-bond acceptors (Lipinski definition) is 2. The smallest absolute Gasteiger partial charge is 0.377 e. The lowest BCUT2D eigenvalue weighted by Crippen LogP contribution is -2.35. The summed E-state index contributed by atoms with van der Waals surface area (Å²) >= 11 is 0. The standard InChI is InChI=1S/C10H10F6N2/c11-7-3-6(10(14,15)16)1-2-8(7)18-5-9(12,13)4-17/h1-3,18H,4-5,17H2. The van der Waals surface area contributed by atoms with Crippen LogP contribution in [0.25, 0.3) is 0 Å². The van der Waals surface area contributed by atoms with E-state index in [1.54, 1.807) is 0 Å². The molecular weight excluding hydrogens is 262 g/mol. The lowest BCUT2D eigenvalue weighted by molar-refractivity contribution is -0.137. The molecule has 18 heavy (non-hydrogen) atoms. The molecule has 1 rings (SSSR count). The highest BCUT2D eigenvalue weighted by atomic mass is 19.4. The van der Waals surface area contributed by atoms with Crippen molar-refractivity contribution in [2.24, 2.45) is 5.73 Å². The van der Waals surface area contributed by atoms with Crippen LogP contribution in [0.5, 0.6) is 0 Å². The Balaban J connectivity index is 2.81. The van der Waals surface area contributed by atoms with Gasteiger partial charge >= 0.3 is 6.18 Å². The van der Waals surface area contributed by atoms with Crippen LogP contribution in [0.3, 0.4) is 0 Å². The molecule has 102 valence electrons. The summed E-state index contributed by atoms with van der Waals surface area (Å²) < 4.78 is 75.3. The maximum absolute atomic E-state index is 13.2. The van der Waals surface area contributed by atoms with Crippen molar-refractivity contribution in [2.45, 2.75) is 12.1 Å². The second-order valence-corrected chi connectivity index (χ2v) is 3.61. The van der Waals surface area contributed by atoms with Gasteiger partial charge in [-0.05, 0) is 18.2 Å². The van der Waals surface area contributed by atoms with Crippen molar-refractivity contribution in [3.63, 3.8) is 0 Å². The molecule has 0 bridgehead atoms. The van der Waals surface area contributed by atoms with E-state index in [1.165, 1.54) is 0 Å². The Hall–Kier alpha value is -1.44. The Labute approximate surface area is 98.8 Å². The van der Waals surface area contributed by atoms with Crippen LogP contribution in [-0.4, -0.2) is 19.0 Å². The molecule has 1 aromatic carbocycles. The van der Waals surface area contributed by atoms with Gasteiger partial charge in [-0.1, -0.05) is 0 Å². The van der Waals surface area contributed by atoms with Gasteiger partial charge in [-0.15, -0.1) is 0 Å². The molecule has 0 aliphatic heterocycles. The first kappa shape index (κ1) is 14.6. The summed E-state index contributed by atoms with van der Waals surface area (Å²) in [5.74, 6) is -4.51. The Morgan fingerprint density at radius 2 is 1.72 bits per heavy atom. The molecule has 0 aliphatic rings. The fourth-order valence-corrected chi connectivity index (χ4v) is 1.13. The van der Waals surface area contributed by atoms with E-state index >= 15 is 0 Å². The van der Waals surface area contributed by atoms with Crippen molar-refractivity contribution in [2.75, 3.05) is 18.4 Å². The van der Waals surface area contributed by atoms with Crippen molar-refractivity contribution >= 4 is 5.69 Å². The van der Waals surface area contributed by atoms with Crippen LogP contribution in [0.1, 0.15) is 5.56 Å². The van der Waals surface area contributed by atoms with Crippen LogP contribution >= 0.6 is 0 Å². The van der Waals surface area contributed by atoms with E-state index in [-0.39, 0.29) is 6.07 Å². The molecule has 2 nitrogen and oxygen atoms in total. The highest BCUT2D eigenvalue weighted by Crippen LogP contribution is 2.31. The zero-order valence-corrected chi connectivity index (χ0v) is 8.99. The first-order valence-electron chi connectivity index (χ1n) is 4.84. The van der Waals surface area contributed by atoms with Crippen LogP contribution in [0.4, 0.5) is 32.0 Å². The second-order valence-electron chi connectivity index (χ2n) is 3.61. The van der Waals surface area contributed by atoms with E-state index in [0.29, 0.717) is 6.07 Å². The molecule has 0 spiro atoms. The van der Waals surface area contributed by atoms with Gasteiger partial charge in [0, 0.05) is 0 Å². The molecular formula is C10H10F6N2. The van der Waals surface area contributed by atoms with Crippen LogP contribution in [0.15, 0.2) is 18.2 Å². The number of halogens is 6. The molecule has 1 aromatic rings. The third kappa shape index (κ3) is 3.80. The van der Waals surface area contributed by atoms with Crippen LogP contribution in [0.2, 0.25) is 0 Å². The van der Waals surface area contributed by atoms with Gasteiger partial charge in [-0.25, -0.2) is 13.2 Å². The van der Waals surface area contributed by atoms with Gasteiger partial charge in [0.05, 0.1) is 24.3 Å². The van der Waals surface area contributed by atoms with Gasteiger partial charge in [0.2, 0.25) is 0 Å². The Morgan fingerprint density at radius 3 is 2.17 bits per heavy atom. The van der Waals surface area contributed by atoms with Crippen molar-refractivity contribution in [1.82, 2.24) is 0 Å². The van der Waals surface area contributed by atoms with Crippen LogP contribution in [0, 0.1) is 5.82 Å². The first-order valence-corrected chi connectivity index (χ1v) is 4.84. The lowest BCUT2D eigenvalue weighted by Gasteiger charge is -2.16. The molecule has 0 fully saturated rings. The van der Waals surface area contributed by atoms with Crippen molar-refractivity contribution < 1.29 is 26.3 Å². The summed E-state index contributed by atoms with van der Waals surface area (Å²) in [6.45, 7) is -1.89. The summed E-state index contributed by atoms with van der Waals surface area (Å²) in [6, 6.07) is 1.60. The summed E-state index contributed by atoms with van der Waals surface area (Å²) in [7, 11) is 0. The summed E-state index contributed by atoms with van der Waals surface area (Å²) in [6.07, 6.45) is -4.68. The predicted octanol–water partition coefficient (Wildman–Crippen LogP) is 2.85. The number of hydrogen-bond donors (Lipinski definition) is 2. The Bertz CT molecular complexity index is 415. The predicted molar refractivity (Wildman–Crippen MR) is 53.9 cm³/mol. The quantitative estimate of drug-likeness (QED) is 0.827. The third-order valence-corrected chi connectivity index (χ3v) is 2.13. The SMILES string of the molecule is NCC(F)(F)CNc1ccc(C(F)(F)F)cc1F. The fourth-order valence-electron chi connectivity index (χ4n) is 1.13. The Kier molecular flexibility index (Phi) is 4.10. The molecule has 0 unspecified atom stereocenters. The van der Waals surface area contributed by atoms with E-state index < -0.39 is 42.3 Å². The molecule has 8 heteroatoms. The zero-order valence-electron chi connectivity index (χ0n) is 8.99. The highest BCUT2D eigenvalue weighted by molar-refractivity contribution is 5.47. The van der Waals surface area contributed by atoms with Crippen LogP contribution in [-0.2, 0) is 6.18 Å². The van der Waals surface area contributed by atoms with E-state index in [1.807, 2.05) is 5.32 Å². The minimum absolute atomic E-state index is 0.239. The van der Waals surface area contributed by atoms with Crippen molar-refractivity contribution in [3.8, 4) is 0 Å². The summed E-state index contributed by atoms with van der Waals surface area (Å²) in [5, 5.41) is 2.01. The highest BCUT2D eigenvalue weighted by Gasteiger charge is 2.31. The number of nitrogens with one attached hydrogen (secondary N) is 1. The zero-order chi connectivity index (χ0) is 14.0. The molecule has 0 aliphatic carbocycles. The molecule has 0 aromatic heterocycles. The molecule has 0 heterocycles. The third-order valence-electron chi connectivity index (χ3n) is 2.13. The van der Waals surface area contributed by atoms with Gasteiger partial charge in [0.15, 0.2) is 0 Å². The Morgan fingerprint density at radius 1 is 1.11 bits per heavy atom. The van der Waals surface area contributed by atoms with E-state index in [2.05, 4.69) is 0 Å². The van der Waals surface area contributed by atoms with Gasteiger partial charge in [-0.3, -0.25) is 0 Å². The lowest BCUT2D eigenvalue weighted by atomic mass is 10.2. The van der Waals surface area contributed by atoms with Gasteiger partial charge < -0.3 is 11.1 Å².